The zero-order valence-electron chi connectivity index (χ0n) is 12.9. The average Bonchev–Trinajstić information content (AvgIpc) is 2.51. The van der Waals surface area contributed by atoms with Crippen molar-refractivity contribution < 1.29 is 9.53 Å². The fourth-order valence-corrected chi connectivity index (χ4v) is 3.81. The summed E-state index contributed by atoms with van der Waals surface area (Å²) in [5, 5.41) is 0. The van der Waals surface area contributed by atoms with Gasteiger partial charge in [0.15, 0.2) is 0 Å². The molecule has 0 aromatic heterocycles. The van der Waals surface area contributed by atoms with Gasteiger partial charge < -0.3 is 10.5 Å². The van der Waals surface area contributed by atoms with Gasteiger partial charge in [-0.3, -0.25) is 4.79 Å². The first-order chi connectivity index (χ1) is 9.74. The lowest BCUT2D eigenvalue weighted by atomic mass is 9.61. The van der Waals surface area contributed by atoms with Crippen LogP contribution in [0.15, 0.2) is 0 Å². The highest BCUT2D eigenvalue weighted by Crippen LogP contribution is 2.50. The number of nitrogens with two attached hydrogens (primary N) is 1. The van der Waals surface area contributed by atoms with Crippen LogP contribution in [0.1, 0.15) is 77.0 Å². The van der Waals surface area contributed by atoms with E-state index >= 15 is 0 Å². The minimum atomic E-state index is 0.0193. The Balaban J connectivity index is 1.53. The highest BCUT2D eigenvalue weighted by molar-refractivity contribution is 5.69. The van der Waals surface area contributed by atoms with Crippen molar-refractivity contribution in [1.82, 2.24) is 0 Å². The number of hydrogen-bond acceptors (Lipinski definition) is 3. The number of fused-ring (bicyclic) bond motifs is 3. The topological polar surface area (TPSA) is 52.3 Å². The van der Waals surface area contributed by atoms with Crippen LogP contribution in [-0.2, 0) is 9.53 Å². The number of carbonyl (C=O) groups excluding carboxylic acids is 1. The lowest BCUT2D eigenvalue weighted by Gasteiger charge is -2.46. The molecule has 3 nitrogen and oxygen atoms in total. The number of hydrogen-bond donors (Lipinski definition) is 1. The Morgan fingerprint density at radius 3 is 2.25 bits per heavy atom. The normalized spacial score (nSPS) is 28.6. The standard InChI is InChI=1S/C17H31NO2/c18-13-5-3-1-2-4-6-16(19)20-14-17-10-7-15(8-11-17)9-12-17/h15H,1-14,18H2. The summed E-state index contributed by atoms with van der Waals surface area (Å²) >= 11 is 0. The minimum Gasteiger partial charge on any atom is -0.465 e. The first-order valence-electron chi connectivity index (χ1n) is 8.60. The average molecular weight is 281 g/mol. The molecule has 3 rings (SSSR count). The lowest BCUT2D eigenvalue weighted by Crippen LogP contribution is -2.38. The molecular weight excluding hydrogens is 250 g/mol. The molecule has 3 fully saturated rings. The Morgan fingerprint density at radius 1 is 1.00 bits per heavy atom. The van der Waals surface area contributed by atoms with Gasteiger partial charge in [-0.15, -0.1) is 0 Å². The van der Waals surface area contributed by atoms with Gasteiger partial charge in [0.2, 0.25) is 0 Å². The number of unbranched alkanes of at least 4 members (excludes halogenated alkanes) is 4. The zero-order valence-corrected chi connectivity index (χ0v) is 12.9. The van der Waals surface area contributed by atoms with E-state index in [-0.39, 0.29) is 5.97 Å². The van der Waals surface area contributed by atoms with Gasteiger partial charge in [-0.05, 0) is 63.8 Å². The maximum absolute atomic E-state index is 11.8. The second-order valence-corrected chi connectivity index (χ2v) is 6.95. The molecule has 3 aliphatic carbocycles. The molecule has 0 amide bonds. The zero-order chi connectivity index (χ0) is 14.3. The predicted molar refractivity (Wildman–Crippen MR) is 81.3 cm³/mol. The second-order valence-electron chi connectivity index (χ2n) is 6.95. The summed E-state index contributed by atoms with van der Waals surface area (Å²) in [6.45, 7) is 1.47. The van der Waals surface area contributed by atoms with E-state index < -0.39 is 0 Å². The lowest BCUT2D eigenvalue weighted by molar-refractivity contribution is -0.150. The fraction of sp³-hybridized carbons (Fsp3) is 0.941. The van der Waals surface area contributed by atoms with E-state index in [1.54, 1.807) is 0 Å². The molecule has 3 heteroatoms. The number of carbonyl (C=O) groups is 1. The van der Waals surface area contributed by atoms with Crippen LogP contribution in [0.4, 0.5) is 0 Å². The third-order valence-electron chi connectivity index (χ3n) is 5.37. The number of ether oxygens (including phenoxy) is 1. The molecule has 0 heterocycles. The van der Waals surface area contributed by atoms with Crippen LogP contribution in [0.3, 0.4) is 0 Å². The Bertz CT molecular complexity index is 282. The Hall–Kier alpha value is -0.570. The Kier molecular flexibility index (Phi) is 6.34. The fourth-order valence-electron chi connectivity index (χ4n) is 3.81. The van der Waals surface area contributed by atoms with Crippen LogP contribution in [0.5, 0.6) is 0 Å². The summed E-state index contributed by atoms with van der Waals surface area (Å²) in [5.74, 6) is 0.993. The first kappa shape index (κ1) is 15.8. The van der Waals surface area contributed by atoms with Crippen molar-refractivity contribution in [1.29, 1.82) is 0 Å². The molecule has 0 aliphatic heterocycles. The van der Waals surface area contributed by atoms with Crippen LogP contribution in [0, 0.1) is 11.3 Å². The molecule has 0 radical (unpaired) electrons. The van der Waals surface area contributed by atoms with E-state index in [1.807, 2.05) is 0 Å². The number of rotatable bonds is 9. The van der Waals surface area contributed by atoms with Gasteiger partial charge in [0.1, 0.15) is 0 Å². The monoisotopic (exact) mass is 281 g/mol. The largest absolute Gasteiger partial charge is 0.465 e. The van der Waals surface area contributed by atoms with E-state index in [4.69, 9.17) is 10.5 Å². The summed E-state index contributed by atoms with van der Waals surface area (Å²) in [6.07, 6.45) is 14.1. The second kappa shape index (κ2) is 8.02. The van der Waals surface area contributed by atoms with E-state index in [0.717, 1.165) is 31.7 Å². The van der Waals surface area contributed by atoms with E-state index in [9.17, 15) is 4.79 Å². The van der Waals surface area contributed by atoms with E-state index in [1.165, 1.54) is 51.4 Å². The maximum atomic E-state index is 11.8. The molecule has 0 spiro atoms. The summed E-state index contributed by atoms with van der Waals surface area (Å²) in [7, 11) is 0. The Morgan fingerprint density at radius 2 is 1.60 bits per heavy atom. The van der Waals surface area contributed by atoms with Crippen molar-refractivity contribution >= 4 is 5.97 Å². The van der Waals surface area contributed by atoms with Crippen LogP contribution >= 0.6 is 0 Å². The quantitative estimate of drug-likeness (QED) is 0.516. The Labute approximate surface area is 123 Å². The summed E-state index contributed by atoms with van der Waals surface area (Å²) < 4.78 is 5.57. The summed E-state index contributed by atoms with van der Waals surface area (Å²) in [4.78, 5) is 11.8. The van der Waals surface area contributed by atoms with Crippen LogP contribution in [-0.4, -0.2) is 19.1 Å². The highest BCUT2D eigenvalue weighted by Gasteiger charge is 2.41. The third-order valence-corrected chi connectivity index (χ3v) is 5.37. The van der Waals surface area contributed by atoms with Gasteiger partial charge >= 0.3 is 5.97 Å². The molecular formula is C17H31NO2. The van der Waals surface area contributed by atoms with Gasteiger partial charge in [0, 0.05) is 11.8 Å². The molecule has 0 saturated heterocycles. The molecule has 3 saturated carbocycles. The van der Waals surface area contributed by atoms with Crippen molar-refractivity contribution in [2.24, 2.45) is 17.1 Å². The van der Waals surface area contributed by atoms with Crippen LogP contribution in [0.25, 0.3) is 0 Å². The van der Waals surface area contributed by atoms with Crippen molar-refractivity contribution in [2.75, 3.05) is 13.2 Å². The van der Waals surface area contributed by atoms with Crippen molar-refractivity contribution in [3.8, 4) is 0 Å². The summed E-state index contributed by atoms with van der Waals surface area (Å²) in [5.41, 5.74) is 5.81. The predicted octanol–water partition coefficient (Wildman–Crippen LogP) is 3.80. The summed E-state index contributed by atoms with van der Waals surface area (Å²) in [6, 6.07) is 0. The number of esters is 1. The molecule has 3 aliphatic rings. The molecule has 0 unspecified atom stereocenters. The maximum Gasteiger partial charge on any atom is 0.305 e. The molecule has 2 bridgehead atoms. The van der Waals surface area contributed by atoms with Crippen molar-refractivity contribution in [3.05, 3.63) is 0 Å². The highest BCUT2D eigenvalue weighted by atomic mass is 16.5. The third kappa shape index (κ3) is 4.76. The molecule has 0 atom stereocenters. The van der Waals surface area contributed by atoms with Gasteiger partial charge in [0.05, 0.1) is 6.61 Å². The minimum absolute atomic E-state index is 0.0193. The molecule has 2 N–H and O–H groups in total. The van der Waals surface area contributed by atoms with Gasteiger partial charge in [0.25, 0.3) is 0 Å². The smallest absolute Gasteiger partial charge is 0.305 e. The van der Waals surface area contributed by atoms with Crippen molar-refractivity contribution in [3.63, 3.8) is 0 Å². The van der Waals surface area contributed by atoms with E-state index in [2.05, 4.69) is 0 Å². The van der Waals surface area contributed by atoms with Gasteiger partial charge in [-0.1, -0.05) is 19.3 Å². The molecule has 0 aromatic rings. The SMILES string of the molecule is NCCCCCCCC(=O)OCC12CCC(CC1)CC2. The molecule has 0 aromatic carbocycles. The van der Waals surface area contributed by atoms with Crippen LogP contribution < -0.4 is 5.73 Å². The molecule has 20 heavy (non-hydrogen) atoms. The van der Waals surface area contributed by atoms with Gasteiger partial charge in [-0.2, -0.15) is 0 Å². The van der Waals surface area contributed by atoms with E-state index in [0.29, 0.717) is 18.4 Å². The van der Waals surface area contributed by atoms with Crippen LogP contribution in [0.2, 0.25) is 0 Å². The molecule has 116 valence electrons. The first-order valence-corrected chi connectivity index (χ1v) is 8.60. The van der Waals surface area contributed by atoms with Gasteiger partial charge in [-0.25, -0.2) is 0 Å². The van der Waals surface area contributed by atoms with Crippen molar-refractivity contribution in [2.45, 2.75) is 77.0 Å².